The lowest BCUT2D eigenvalue weighted by molar-refractivity contribution is -0.191. The van der Waals surface area contributed by atoms with E-state index in [0.717, 1.165) is 22.5 Å². The Kier molecular flexibility index (Phi) is 7.37. The Morgan fingerprint density at radius 1 is 1.00 bits per heavy atom. The van der Waals surface area contributed by atoms with E-state index in [1.807, 2.05) is 36.4 Å². The van der Waals surface area contributed by atoms with Crippen molar-refractivity contribution in [3.05, 3.63) is 83.7 Å². The second-order valence-corrected chi connectivity index (χ2v) is 6.38. The molecule has 3 rings (SSSR count). The molecule has 0 aliphatic carbocycles. The zero-order valence-corrected chi connectivity index (χ0v) is 16.2. The lowest BCUT2D eigenvalue weighted by Gasteiger charge is -2.22. The number of rotatable bonds is 4. The first-order valence-electron chi connectivity index (χ1n) is 8.81. The number of aryl methyl sites for hydroxylation is 2. The van der Waals surface area contributed by atoms with E-state index < -0.39 is 0 Å². The van der Waals surface area contributed by atoms with Crippen molar-refractivity contribution in [1.29, 1.82) is 0 Å². The van der Waals surface area contributed by atoms with Gasteiger partial charge in [-0.2, -0.15) is 9.59 Å². The number of pyridine rings is 1. The molecule has 0 fully saturated rings. The highest BCUT2D eigenvalue weighted by Gasteiger charge is 2.15. The van der Waals surface area contributed by atoms with Gasteiger partial charge in [0.25, 0.3) is 0 Å². The van der Waals surface area contributed by atoms with Gasteiger partial charge in [-0.1, -0.05) is 36.4 Å². The molecule has 0 N–H and O–H groups in total. The van der Waals surface area contributed by atoms with E-state index in [-0.39, 0.29) is 12.1 Å². The number of hydrogen-bond donors (Lipinski definition) is 0. The standard InChI is InChI=1S/C22H22N2O.CO2/c1-16-12-19(22-10-5-4-8-17(22)2)14-21(13-16)24(18(3)25)15-20-9-6-7-11-23-20;2-1-3/h4-14H,15H2,1-3H3;. The molecule has 1 aromatic heterocycles. The van der Waals surface area contributed by atoms with Crippen molar-refractivity contribution in [3.8, 4) is 11.1 Å². The largest absolute Gasteiger partial charge is 0.373 e. The molecule has 0 unspecified atom stereocenters. The van der Waals surface area contributed by atoms with E-state index in [4.69, 9.17) is 9.59 Å². The molecule has 0 radical (unpaired) electrons. The highest BCUT2D eigenvalue weighted by Crippen LogP contribution is 2.29. The molecule has 0 aliphatic rings. The van der Waals surface area contributed by atoms with Gasteiger partial charge in [0.1, 0.15) is 0 Å². The molecule has 0 spiro atoms. The minimum atomic E-state index is 0.00647. The van der Waals surface area contributed by atoms with E-state index in [9.17, 15) is 4.79 Å². The van der Waals surface area contributed by atoms with Gasteiger partial charge in [-0.3, -0.25) is 9.78 Å². The van der Waals surface area contributed by atoms with E-state index in [0.29, 0.717) is 6.54 Å². The summed E-state index contributed by atoms with van der Waals surface area (Å²) in [5.74, 6) is 0.00647. The summed E-state index contributed by atoms with van der Waals surface area (Å²) in [5, 5.41) is 0. The quantitative estimate of drug-likeness (QED) is 0.681. The van der Waals surface area contributed by atoms with Gasteiger partial charge < -0.3 is 4.90 Å². The van der Waals surface area contributed by atoms with Gasteiger partial charge in [0.15, 0.2) is 0 Å². The highest BCUT2D eigenvalue weighted by molar-refractivity contribution is 5.92. The molecule has 1 amide bonds. The van der Waals surface area contributed by atoms with Crippen molar-refractivity contribution in [2.75, 3.05) is 4.90 Å². The maximum absolute atomic E-state index is 12.3. The lowest BCUT2D eigenvalue weighted by Crippen LogP contribution is -2.28. The van der Waals surface area contributed by atoms with Crippen LogP contribution in [0.3, 0.4) is 0 Å². The van der Waals surface area contributed by atoms with Crippen molar-refractivity contribution in [2.45, 2.75) is 27.3 Å². The van der Waals surface area contributed by atoms with Crippen LogP contribution in [-0.4, -0.2) is 17.0 Å². The topological polar surface area (TPSA) is 67.3 Å². The fourth-order valence-electron chi connectivity index (χ4n) is 3.01. The molecule has 5 heteroatoms. The summed E-state index contributed by atoms with van der Waals surface area (Å²) >= 11 is 0. The fraction of sp³-hybridized carbons (Fsp3) is 0.174. The van der Waals surface area contributed by atoms with Crippen molar-refractivity contribution in [3.63, 3.8) is 0 Å². The van der Waals surface area contributed by atoms with Gasteiger partial charge in [0, 0.05) is 18.8 Å². The van der Waals surface area contributed by atoms with Crippen molar-refractivity contribution < 1.29 is 14.4 Å². The van der Waals surface area contributed by atoms with Crippen molar-refractivity contribution in [2.24, 2.45) is 0 Å². The van der Waals surface area contributed by atoms with Crippen LogP contribution in [0.4, 0.5) is 5.69 Å². The molecule has 142 valence electrons. The summed E-state index contributed by atoms with van der Waals surface area (Å²) < 4.78 is 0. The Hall–Kier alpha value is -3.56. The Morgan fingerprint density at radius 2 is 1.68 bits per heavy atom. The number of anilines is 1. The van der Waals surface area contributed by atoms with Gasteiger partial charge in [0.2, 0.25) is 5.91 Å². The van der Waals surface area contributed by atoms with E-state index in [2.05, 4.69) is 43.1 Å². The van der Waals surface area contributed by atoms with E-state index in [1.165, 1.54) is 11.1 Å². The third kappa shape index (κ3) is 5.47. The number of hydrogen-bond acceptors (Lipinski definition) is 4. The molecule has 0 saturated carbocycles. The van der Waals surface area contributed by atoms with Crippen LogP contribution in [-0.2, 0) is 20.9 Å². The predicted octanol–water partition coefficient (Wildman–Crippen LogP) is 4.34. The summed E-state index contributed by atoms with van der Waals surface area (Å²) in [6, 6.07) is 20.4. The average molecular weight is 374 g/mol. The molecule has 0 bridgehead atoms. The SMILES string of the molecule is CC(=O)N(Cc1ccccn1)c1cc(C)cc(-c2ccccc2C)c1.O=C=O. The third-order valence-corrected chi connectivity index (χ3v) is 4.26. The molecule has 3 aromatic rings. The summed E-state index contributed by atoms with van der Waals surface area (Å²) in [6.45, 7) is 6.23. The summed E-state index contributed by atoms with van der Waals surface area (Å²) in [5.41, 5.74) is 6.43. The molecule has 0 atom stereocenters. The maximum atomic E-state index is 12.3. The zero-order chi connectivity index (χ0) is 20.5. The molecule has 0 saturated heterocycles. The second-order valence-electron chi connectivity index (χ2n) is 6.38. The van der Waals surface area contributed by atoms with Crippen LogP contribution in [0.1, 0.15) is 23.7 Å². The number of benzene rings is 2. The van der Waals surface area contributed by atoms with Gasteiger partial charge in [-0.25, -0.2) is 0 Å². The normalized spacial score (nSPS) is 9.68. The Bertz CT molecular complexity index is 978. The van der Waals surface area contributed by atoms with Gasteiger partial charge in [-0.15, -0.1) is 0 Å². The molecule has 2 aromatic carbocycles. The zero-order valence-electron chi connectivity index (χ0n) is 16.2. The van der Waals surface area contributed by atoms with Crippen molar-refractivity contribution >= 4 is 17.7 Å². The van der Waals surface area contributed by atoms with Crippen LogP contribution in [0, 0.1) is 13.8 Å². The molecular weight excluding hydrogens is 352 g/mol. The molecule has 28 heavy (non-hydrogen) atoms. The lowest BCUT2D eigenvalue weighted by atomic mass is 9.98. The Labute approximate surface area is 164 Å². The predicted molar refractivity (Wildman–Crippen MR) is 107 cm³/mol. The second kappa shape index (κ2) is 9.95. The van der Waals surface area contributed by atoms with Gasteiger partial charge >= 0.3 is 6.15 Å². The Morgan fingerprint density at radius 3 is 2.29 bits per heavy atom. The third-order valence-electron chi connectivity index (χ3n) is 4.26. The molecular formula is C23H22N2O3. The first-order valence-corrected chi connectivity index (χ1v) is 8.81. The molecule has 1 heterocycles. The molecule has 5 nitrogen and oxygen atoms in total. The van der Waals surface area contributed by atoms with Crippen molar-refractivity contribution in [1.82, 2.24) is 4.98 Å². The van der Waals surface area contributed by atoms with Crippen LogP contribution in [0.2, 0.25) is 0 Å². The fourth-order valence-corrected chi connectivity index (χ4v) is 3.01. The first-order chi connectivity index (χ1) is 13.5. The summed E-state index contributed by atoms with van der Waals surface area (Å²) in [4.78, 5) is 34.6. The van der Waals surface area contributed by atoms with Crippen LogP contribution in [0.5, 0.6) is 0 Å². The smallest absolute Gasteiger partial charge is 0.307 e. The minimum Gasteiger partial charge on any atom is -0.307 e. The Balaban J connectivity index is 0.000000878. The number of carbonyl (C=O) groups excluding carboxylic acids is 3. The number of nitrogens with zero attached hydrogens (tertiary/aromatic N) is 2. The number of carbonyl (C=O) groups is 1. The minimum absolute atomic E-state index is 0.00647. The number of aromatic nitrogens is 1. The molecule has 0 aliphatic heterocycles. The van der Waals surface area contributed by atoms with Gasteiger partial charge in [-0.05, 0) is 60.4 Å². The monoisotopic (exact) mass is 374 g/mol. The van der Waals surface area contributed by atoms with E-state index in [1.54, 1.807) is 18.0 Å². The number of amides is 1. The van der Waals surface area contributed by atoms with Crippen LogP contribution in [0.15, 0.2) is 66.9 Å². The highest BCUT2D eigenvalue weighted by atomic mass is 16.2. The van der Waals surface area contributed by atoms with Crippen LogP contribution in [0.25, 0.3) is 11.1 Å². The summed E-state index contributed by atoms with van der Waals surface area (Å²) in [6.07, 6.45) is 2.00. The average Bonchev–Trinajstić information content (AvgIpc) is 2.67. The van der Waals surface area contributed by atoms with Crippen LogP contribution >= 0.6 is 0 Å². The maximum Gasteiger partial charge on any atom is 0.373 e. The first kappa shape index (κ1) is 20.7. The van der Waals surface area contributed by atoms with Gasteiger partial charge in [0.05, 0.1) is 12.2 Å². The summed E-state index contributed by atoms with van der Waals surface area (Å²) in [7, 11) is 0. The van der Waals surface area contributed by atoms with Crippen LogP contribution < -0.4 is 4.90 Å². The van der Waals surface area contributed by atoms with E-state index >= 15 is 0 Å².